The van der Waals surface area contributed by atoms with E-state index < -0.39 is 47.9 Å². The number of aliphatic hydroxyl groups excluding tert-OH is 2. The summed E-state index contributed by atoms with van der Waals surface area (Å²) in [6, 6.07) is 7.64. The first-order chi connectivity index (χ1) is 22.6. The minimum atomic E-state index is -1.21. The van der Waals surface area contributed by atoms with Gasteiger partial charge in [0.05, 0.1) is 24.2 Å². The number of amides is 3. The SMILES string of the molecule is C#CCCC[C@H](O)[C@H](O)[C@H](CC1CCCCC1)NC(=O)[C@@H](NC(=O)[C@@H](CC(=O)N(C)CCNCCC)Cc1ccccc1)C(C)C#C. The van der Waals surface area contributed by atoms with E-state index in [2.05, 4.69) is 34.7 Å². The van der Waals surface area contributed by atoms with Crippen LogP contribution in [0.3, 0.4) is 0 Å². The highest BCUT2D eigenvalue weighted by Crippen LogP contribution is 2.29. The number of hydrogen-bond donors (Lipinski definition) is 5. The first kappa shape index (κ1) is 39.8. The second-order valence-corrected chi connectivity index (χ2v) is 13.1. The third kappa shape index (κ3) is 14.5. The smallest absolute Gasteiger partial charge is 0.244 e. The predicted octanol–water partition coefficient (Wildman–Crippen LogP) is 3.43. The second-order valence-electron chi connectivity index (χ2n) is 13.1. The van der Waals surface area contributed by atoms with Crippen LogP contribution in [0.5, 0.6) is 0 Å². The lowest BCUT2D eigenvalue weighted by Gasteiger charge is -2.34. The van der Waals surface area contributed by atoms with Gasteiger partial charge in [0, 0.05) is 38.9 Å². The summed E-state index contributed by atoms with van der Waals surface area (Å²) in [4.78, 5) is 42.6. The van der Waals surface area contributed by atoms with Crippen molar-refractivity contribution in [3.8, 4) is 24.7 Å². The van der Waals surface area contributed by atoms with E-state index >= 15 is 0 Å². The van der Waals surface area contributed by atoms with Crippen LogP contribution in [-0.2, 0) is 20.8 Å². The zero-order chi connectivity index (χ0) is 34.6. The number of nitrogens with one attached hydrogen (secondary N) is 3. The largest absolute Gasteiger partial charge is 0.390 e. The third-order valence-electron chi connectivity index (χ3n) is 9.20. The maximum Gasteiger partial charge on any atom is 0.244 e. The number of likely N-dealkylation sites (N-methyl/N-ethyl adjacent to an activating group) is 1. The molecule has 0 spiro atoms. The molecule has 3 amide bonds. The van der Waals surface area contributed by atoms with Crippen LogP contribution in [0.1, 0.15) is 90.0 Å². The summed E-state index contributed by atoms with van der Waals surface area (Å²) >= 11 is 0. The van der Waals surface area contributed by atoms with E-state index in [1.165, 1.54) is 0 Å². The molecule has 0 aliphatic heterocycles. The molecule has 260 valence electrons. The van der Waals surface area contributed by atoms with Crippen molar-refractivity contribution in [2.75, 3.05) is 26.7 Å². The Bertz CT molecular complexity index is 1160. The third-order valence-corrected chi connectivity index (χ3v) is 9.20. The highest BCUT2D eigenvalue weighted by Gasteiger charge is 2.35. The van der Waals surface area contributed by atoms with Crippen LogP contribution < -0.4 is 16.0 Å². The molecule has 1 aromatic carbocycles. The molecule has 0 aromatic heterocycles. The number of benzene rings is 1. The van der Waals surface area contributed by atoms with Crippen LogP contribution in [0.25, 0.3) is 0 Å². The number of hydrogen-bond acceptors (Lipinski definition) is 6. The molecule has 9 heteroatoms. The Morgan fingerprint density at radius 2 is 1.72 bits per heavy atom. The Kier molecular flexibility index (Phi) is 18.8. The fourth-order valence-electron chi connectivity index (χ4n) is 6.17. The Hall–Kier alpha value is -3.37. The average Bonchev–Trinajstić information content (AvgIpc) is 3.08. The summed E-state index contributed by atoms with van der Waals surface area (Å²) in [6.07, 6.45) is 17.3. The molecule has 0 bridgehead atoms. The number of unbranched alkanes of at least 4 members (excludes halogenated alkanes) is 1. The Labute approximate surface area is 283 Å². The summed E-state index contributed by atoms with van der Waals surface area (Å²) in [6.45, 7) is 5.78. The van der Waals surface area contributed by atoms with Gasteiger partial charge in [0.2, 0.25) is 17.7 Å². The maximum absolute atomic E-state index is 13.9. The topological polar surface area (TPSA) is 131 Å². The molecule has 0 radical (unpaired) electrons. The summed E-state index contributed by atoms with van der Waals surface area (Å²) in [5.41, 5.74) is 0.896. The van der Waals surface area contributed by atoms with Gasteiger partial charge in [0.1, 0.15) is 6.04 Å². The molecule has 5 N–H and O–H groups in total. The van der Waals surface area contributed by atoms with E-state index in [1.54, 1.807) is 18.9 Å². The van der Waals surface area contributed by atoms with Crippen LogP contribution >= 0.6 is 0 Å². The minimum Gasteiger partial charge on any atom is -0.390 e. The second kappa shape index (κ2) is 22.2. The highest BCUT2D eigenvalue weighted by molar-refractivity contribution is 5.91. The maximum atomic E-state index is 13.9. The van der Waals surface area contributed by atoms with Gasteiger partial charge in [-0.15, -0.1) is 24.7 Å². The summed E-state index contributed by atoms with van der Waals surface area (Å²) < 4.78 is 0. The van der Waals surface area contributed by atoms with Gasteiger partial charge in [-0.3, -0.25) is 14.4 Å². The molecule has 1 saturated carbocycles. The van der Waals surface area contributed by atoms with Gasteiger partial charge in [0.25, 0.3) is 0 Å². The Morgan fingerprint density at radius 1 is 1.02 bits per heavy atom. The number of nitrogens with zero attached hydrogens (tertiary/aromatic N) is 1. The number of terminal acetylenes is 2. The van der Waals surface area contributed by atoms with E-state index in [0.29, 0.717) is 51.1 Å². The molecular formula is C38H58N4O5. The predicted molar refractivity (Wildman–Crippen MR) is 187 cm³/mol. The lowest BCUT2D eigenvalue weighted by Crippen LogP contribution is -2.57. The van der Waals surface area contributed by atoms with Gasteiger partial charge in [-0.2, -0.15) is 0 Å². The van der Waals surface area contributed by atoms with Crippen molar-refractivity contribution < 1.29 is 24.6 Å². The molecule has 1 aliphatic carbocycles. The van der Waals surface area contributed by atoms with E-state index in [-0.39, 0.29) is 12.3 Å². The van der Waals surface area contributed by atoms with Gasteiger partial charge in [-0.1, -0.05) is 69.4 Å². The molecule has 1 unspecified atom stereocenters. The number of carbonyl (C=O) groups excluding carboxylic acids is 3. The van der Waals surface area contributed by atoms with Crippen molar-refractivity contribution in [3.05, 3.63) is 35.9 Å². The Balaban J connectivity index is 2.24. The van der Waals surface area contributed by atoms with Crippen molar-refractivity contribution in [2.45, 2.75) is 115 Å². The molecule has 6 atom stereocenters. The molecule has 47 heavy (non-hydrogen) atoms. The number of carbonyl (C=O) groups is 3. The van der Waals surface area contributed by atoms with Gasteiger partial charge >= 0.3 is 0 Å². The van der Waals surface area contributed by atoms with Crippen molar-refractivity contribution in [1.29, 1.82) is 0 Å². The highest BCUT2D eigenvalue weighted by atomic mass is 16.3. The fourth-order valence-corrected chi connectivity index (χ4v) is 6.17. The monoisotopic (exact) mass is 650 g/mol. The van der Waals surface area contributed by atoms with Gasteiger partial charge in [0.15, 0.2) is 0 Å². The van der Waals surface area contributed by atoms with E-state index in [4.69, 9.17) is 12.8 Å². The molecule has 9 nitrogen and oxygen atoms in total. The lowest BCUT2D eigenvalue weighted by atomic mass is 9.82. The van der Waals surface area contributed by atoms with Crippen LogP contribution in [0.4, 0.5) is 0 Å². The molecule has 2 rings (SSSR count). The summed E-state index contributed by atoms with van der Waals surface area (Å²) in [5.74, 6) is 2.89. The van der Waals surface area contributed by atoms with Gasteiger partial charge in [-0.05, 0) is 57.1 Å². The quantitative estimate of drug-likeness (QED) is 0.102. The molecule has 0 saturated heterocycles. The molecule has 1 fully saturated rings. The average molecular weight is 651 g/mol. The van der Waals surface area contributed by atoms with Crippen LogP contribution in [0.2, 0.25) is 0 Å². The first-order valence-electron chi connectivity index (χ1n) is 17.5. The number of rotatable bonds is 21. The first-order valence-corrected chi connectivity index (χ1v) is 17.5. The van der Waals surface area contributed by atoms with Gasteiger partial charge < -0.3 is 31.1 Å². The van der Waals surface area contributed by atoms with Crippen molar-refractivity contribution >= 4 is 17.7 Å². The van der Waals surface area contributed by atoms with E-state index in [0.717, 1.165) is 50.6 Å². The molecule has 0 heterocycles. The van der Waals surface area contributed by atoms with E-state index in [9.17, 15) is 24.6 Å². The van der Waals surface area contributed by atoms with Crippen LogP contribution in [-0.4, -0.2) is 83.8 Å². The standard InChI is InChI=1S/C38H58N4O5/c1-6-9-12-21-33(43)36(45)32(26-30-19-15-11-16-20-30)40-38(47)35(28(4)8-3)41-37(46)31(25-29-17-13-10-14-18-29)27-34(44)42(5)24-23-39-22-7-2/h1,3,10,13-14,17-18,28,30-33,35-36,39,43,45H,7,9,11-12,15-16,19-27H2,2,4-5H3,(H,40,47)(H,41,46)/t28?,31-,32+,33+,35+,36-/m1/s1. The minimum absolute atomic E-state index is 0.0311. The molecule has 1 aliphatic rings. The summed E-state index contributed by atoms with van der Waals surface area (Å²) in [5, 5.41) is 31.1. The number of aliphatic hydroxyl groups is 2. The van der Waals surface area contributed by atoms with Crippen molar-refractivity contribution in [1.82, 2.24) is 20.9 Å². The zero-order valence-electron chi connectivity index (χ0n) is 28.8. The zero-order valence-corrected chi connectivity index (χ0v) is 28.8. The summed E-state index contributed by atoms with van der Waals surface area (Å²) in [7, 11) is 1.73. The van der Waals surface area contributed by atoms with Gasteiger partial charge in [-0.25, -0.2) is 0 Å². The Morgan fingerprint density at radius 3 is 2.36 bits per heavy atom. The van der Waals surface area contributed by atoms with Crippen LogP contribution in [0.15, 0.2) is 30.3 Å². The molecular weight excluding hydrogens is 592 g/mol. The van der Waals surface area contributed by atoms with Crippen LogP contribution in [0, 0.1) is 42.4 Å². The lowest BCUT2D eigenvalue weighted by molar-refractivity contribution is -0.137. The van der Waals surface area contributed by atoms with E-state index in [1.807, 2.05) is 30.3 Å². The molecule has 1 aromatic rings. The van der Waals surface area contributed by atoms with Crippen molar-refractivity contribution in [3.63, 3.8) is 0 Å². The van der Waals surface area contributed by atoms with Crippen molar-refractivity contribution in [2.24, 2.45) is 17.8 Å². The normalized spacial score (nSPS) is 17.2. The fraction of sp³-hybridized carbons (Fsp3) is 0.658.